The minimum Gasteiger partial charge on any atom is -0.466 e. The number of benzene rings is 2. The fraction of sp³-hybridized carbons (Fsp3) is 0.605. The number of para-hydroxylation sites is 1. The maximum absolute atomic E-state index is 14.2. The lowest BCUT2D eigenvalue weighted by molar-refractivity contribution is -0.143. The van der Waals surface area contributed by atoms with Crippen LogP contribution in [-0.4, -0.2) is 114 Å². The van der Waals surface area contributed by atoms with Crippen LogP contribution in [0.3, 0.4) is 0 Å². The largest absolute Gasteiger partial charge is 0.466 e. The van der Waals surface area contributed by atoms with Gasteiger partial charge >= 0.3 is 24.3 Å². The van der Waals surface area contributed by atoms with Crippen molar-refractivity contribution in [2.45, 2.75) is 102 Å². The highest BCUT2D eigenvalue weighted by molar-refractivity contribution is 6.33. The number of anilines is 2. The van der Waals surface area contributed by atoms with Crippen molar-refractivity contribution < 1.29 is 46.6 Å². The Kier molecular flexibility index (Phi) is 15.1. The fourth-order valence-corrected chi connectivity index (χ4v) is 9.31. The molecule has 3 N–H and O–H groups in total. The van der Waals surface area contributed by atoms with E-state index in [9.17, 15) is 37.1 Å². The molecule has 0 spiro atoms. The van der Waals surface area contributed by atoms with Gasteiger partial charge in [-0.1, -0.05) is 29.8 Å². The third kappa shape index (κ3) is 11.3. The van der Waals surface area contributed by atoms with Gasteiger partial charge in [0.2, 0.25) is 5.91 Å². The minimum atomic E-state index is -4.80. The van der Waals surface area contributed by atoms with Gasteiger partial charge in [0.05, 0.1) is 22.9 Å². The molecule has 0 aromatic heterocycles. The number of hydrogen-bond donors (Lipinski definition) is 2. The number of hydrogen-bond acceptors (Lipinski definition) is 8. The Morgan fingerprint density at radius 2 is 1.48 bits per heavy atom. The number of piperidine rings is 3. The summed E-state index contributed by atoms with van der Waals surface area (Å²) in [7, 11) is 0. The number of halogens is 4. The number of urea groups is 1. The van der Waals surface area contributed by atoms with E-state index in [1.165, 1.54) is 11.0 Å². The second kappa shape index (κ2) is 20.2. The average molecular weight is 861 g/mol. The van der Waals surface area contributed by atoms with Crippen LogP contribution >= 0.6 is 11.6 Å². The standard InChI is InChI=1S/C43H56ClF3N6O7/c1-2-59-38(55)10-6-5-9-37(54)50-18-11-29(12-19-50)30-13-20-51(21-14-30)40(56)36(27-28-25-33(43(45,46)47)39(48)34(44)26-28)60-42(58)52-22-16-32(17-23-52)53-24-15-31-7-3-4-8-35(31)49-41(53)57/h3-4,7-8,25-26,29-30,32,36H,2,5-6,9-24,27,48H2,1H3,(H,49,57)/t36-/m1/s1. The van der Waals surface area contributed by atoms with Crippen LogP contribution in [0.15, 0.2) is 36.4 Å². The molecule has 4 aliphatic rings. The summed E-state index contributed by atoms with van der Waals surface area (Å²) >= 11 is 6.15. The van der Waals surface area contributed by atoms with E-state index in [0.29, 0.717) is 109 Å². The lowest BCUT2D eigenvalue weighted by Crippen LogP contribution is -2.52. The summed E-state index contributed by atoms with van der Waals surface area (Å²) in [6.07, 6.45) is -0.636. The minimum absolute atomic E-state index is 0.0507. The number of nitrogens with one attached hydrogen (secondary N) is 1. The van der Waals surface area contributed by atoms with E-state index in [2.05, 4.69) is 5.32 Å². The number of alkyl halides is 3. The molecule has 5 amide bonds. The number of esters is 1. The van der Waals surface area contributed by atoms with Crippen LogP contribution < -0.4 is 11.1 Å². The van der Waals surface area contributed by atoms with Crippen molar-refractivity contribution in [1.82, 2.24) is 19.6 Å². The molecular weight excluding hydrogens is 805 g/mol. The smallest absolute Gasteiger partial charge is 0.418 e. The van der Waals surface area contributed by atoms with E-state index in [1.54, 1.807) is 16.7 Å². The molecular formula is C43H56ClF3N6O7. The van der Waals surface area contributed by atoms with E-state index in [-0.39, 0.29) is 54.0 Å². The zero-order chi connectivity index (χ0) is 43.0. The number of nitrogens with two attached hydrogens (primary N) is 1. The number of carbonyl (C=O) groups excluding carboxylic acids is 5. The van der Waals surface area contributed by atoms with Crippen LogP contribution in [0.1, 0.15) is 87.8 Å². The highest BCUT2D eigenvalue weighted by Crippen LogP contribution is 2.39. The number of fused-ring (bicyclic) bond motifs is 1. The van der Waals surface area contributed by atoms with E-state index in [1.807, 2.05) is 29.2 Å². The third-order valence-electron chi connectivity index (χ3n) is 12.5. The predicted octanol–water partition coefficient (Wildman–Crippen LogP) is 7.14. The van der Waals surface area contributed by atoms with Crippen LogP contribution in [0.4, 0.5) is 34.1 Å². The molecule has 0 bridgehead atoms. The molecule has 17 heteroatoms. The topological polar surface area (TPSA) is 155 Å². The molecule has 0 unspecified atom stereocenters. The number of unbranched alkanes of at least 4 members (excludes halogenated alkanes) is 1. The zero-order valence-electron chi connectivity index (χ0n) is 34.2. The van der Waals surface area contributed by atoms with Crippen molar-refractivity contribution >= 4 is 52.9 Å². The summed E-state index contributed by atoms with van der Waals surface area (Å²) in [5.41, 5.74) is 5.81. The Bertz CT molecular complexity index is 1860. The number of nitrogens with zero attached hydrogens (tertiary/aromatic N) is 4. The molecule has 328 valence electrons. The highest BCUT2D eigenvalue weighted by atomic mass is 35.5. The lowest BCUT2D eigenvalue weighted by Gasteiger charge is -2.41. The molecule has 0 aliphatic carbocycles. The second-order valence-corrected chi connectivity index (χ2v) is 16.7. The molecule has 4 heterocycles. The fourth-order valence-electron chi connectivity index (χ4n) is 9.07. The number of nitrogen functional groups attached to an aromatic ring is 1. The first-order valence-electron chi connectivity index (χ1n) is 21.2. The molecule has 4 aliphatic heterocycles. The number of amides is 5. The van der Waals surface area contributed by atoms with Gasteiger partial charge in [0.15, 0.2) is 6.10 Å². The Morgan fingerprint density at radius 3 is 2.13 bits per heavy atom. The van der Waals surface area contributed by atoms with Gasteiger partial charge in [-0.3, -0.25) is 14.4 Å². The van der Waals surface area contributed by atoms with Crippen molar-refractivity contribution in [3.05, 3.63) is 58.1 Å². The first kappa shape index (κ1) is 44.8. The highest BCUT2D eigenvalue weighted by Gasteiger charge is 2.39. The molecule has 0 radical (unpaired) electrons. The van der Waals surface area contributed by atoms with Gasteiger partial charge in [-0.25, -0.2) is 9.59 Å². The zero-order valence-corrected chi connectivity index (χ0v) is 34.9. The molecule has 60 heavy (non-hydrogen) atoms. The maximum atomic E-state index is 14.2. The summed E-state index contributed by atoms with van der Waals surface area (Å²) in [5, 5.41) is 2.67. The first-order chi connectivity index (χ1) is 28.7. The molecule has 1 atom stereocenters. The van der Waals surface area contributed by atoms with Crippen molar-refractivity contribution in [1.29, 1.82) is 0 Å². The van der Waals surface area contributed by atoms with E-state index in [0.717, 1.165) is 30.2 Å². The summed E-state index contributed by atoms with van der Waals surface area (Å²) < 4.78 is 52.6. The van der Waals surface area contributed by atoms with Crippen LogP contribution in [0.25, 0.3) is 0 Å². The third-order valence-corrected chi connectivity index (χ3v) is 12.8. The number of carbonyl (C=O) groups is 5. The normalized spacial score (nSPS) is 19.0. The summed E-state index contributed by atoms with van der Waals surface area (Å²) in [5.74, 6) is 0.0383. The van der Waals surface area contributed by atoms with Crippen molar-refractivity contribution in [3.63, 3.8) is 0 Å². The van der Waals surface area contributed by atoms with Gasteiger partial charge in [-0.15, -0.1) is 0 Å². The lowest BCUT2D eigenvalue weighted by atomic mass is 9.78. The van der Waals surface area contributed by atoms with E-state index in [4.69, 9.17) is 26.8 Å². The Balaban J connectivity index is 1.04. The van der Waals surface area contributed by atoms with Gasteiger partial charge in [0.25, 0.3) is 5.91 Å². The molecule has 2 aromatic rings. The van der Waals surface area contributed by atoms with Gasteiger partial charge in [-0.05, 0) is 106 Å². The summed E-state index contributed by atoms with van der Waals surface area (Å²) in [6.45, 7) is 5.23. The molecule has 6 rings (SSSR count). The number of likely N-dealkylation sites (tertiary alicyclic amines) is 3. The van der Waals surface area contributed by atoms with Crippen molar-refractivity contribution in [2.75, 3.05) is 63.5 Å². The van der Waals surface area contributed by atoms with Crippen LogP contribution in [-0.2, 0) is 42.9 Å². The first-order valence-corrected chi connectivity index (χ1v) is 21.6. The summed E-state index contributed by atoms with van der Waals surface area (Å²) in [4.78, 5) is 72.2. The number of rotatable bonds is 12. The van der Waals surface area contributed by atoms with Crippen molar-refractivity contribution in [2.24, 2.45) is 11.8 Å². The molecule has 3 fully saturated rings. The average Bonchev–Trinajstić information content (AvgIpc) is 3.40. The monoisotopic (exact) mass is 860 g/mol. The van der Waals surface area contributed by atoms with Gasteiger partial charge in [-0.2, -0.15) is 13.2 Å². The Labute approximate surface area is 354 Å². The van der Waals surface area contributed by atoms with Gasteiger partial charge in [0, 0.05) is 76.8 Å². The van der Waals surface area contributed by atoms with Crippen molar-refractivity contribution in [3.8, 4) is 0 Å². The second-order valence-electron chi connectivity index (χ2n) is 16.3. The maximum Gasteiger partial charge on any atom is 0.418 e. The SMILES string of the molecule is CCOC(=O)CCCCC(=O)N1CCC(C2CCN(C(=O)[C@@H](Cc3cc(Cl)c(N)c(C(F)(F)F)c3)OC(=O)N3CCC(N4CCc5ccccc5NC4=O)CC3)CC2)CC1. The molecule has 13 nitrogen and oxygen atoms in total. The van der Waals surface area contributed by atoms with Gasteiger partial charge in [0.1, 0.15) is 0 Å². The quantitative estimate of drug-likeness (QED) is 0.130. The Morgan fingerprint density at radius 1 is 0.867 bits per heavy atom. The Hall–Kier alpha value is -4.73. The van der Waals surface area contributed by atoms with Crippen LogP contribution in [0.5, 0.6) is 0 Å². The molecule has 2 aromatic carbocycles. The molecule has 0 saturated carbocycles. The predicted molar refractivity (Wildman–Crippen MR) is 219 cm³/mol. The van der Waals surface area contributed by atoms with Crippen LogP contribution in [0.2, 0.25) is 5.02 Å². The summed E-state index contributed by atoms with van der Waals surface area (Å²) in [6, 6.07) is 9.44. The van der Waals surface area contributed by atoms with Crippen LogP contribution in [0, 0.1) is 11.8 Å². The van der Waals surface area contributed by atoms with Gasteiger partial charge < -0.3 is 40.1 Å². The number of ether oxygens (including phenoxy) is 2. The van der Waals surface area contributed by atoms with E-state index >= 15 is 0 Å². The molecule has 3 saturated heterocycles. The van der Waals surface area contributed by atoms with E-state index < -0.39 is 35.5 Å².